The number of ether oxygens (including phenoxy) is 8. The topological polar surface area (TPSA) is 439 Å². The molecule has 0 radical (unpaired) electrons. The number of halogens is 9. The summed E-state index contributed by atoms with van der Waals surface area (Å²) in [4.78, 5) is 77.7. The van der Waals surface area contributed by atoms with Crippen molar-refractivity contribution in [1.82, 2.24) is 44.9 Å². The maximum Gasteiger partial charge on any atom is 1.00 e. The van der Waals surface area contributed by atoms with E-state index in [1.165, 1.54) is 61.8 Å². The van der Waals surface area contributed by atoms with Gasteiger partial charge in [-0.2, -0.15) is 24.1 Å². The molecule has 31 nitrogen and oxygen atoms in total. The van der Waals surface area contributed by atoms with Crippen molar-refractivity contribution in [1.29, 1.82) is 0 Å². The molecule has 5 aliphatic carbocycles. The molecule has 2 spiro atoms. The molecule has 4 saturated heterocycles. The number of esters is 2. The van der Waals surface area contributed by atoms with Gasteiger partial charge in [-0.05, 0) is 220 Å². The smallest absolute Gasteiger partial charge is 1.00 e. The van der Waals surface area contributed by atoms with Gasteiger partial charge in [-0.15, -0.1) is 11.8 Å². The van der Waals surface area contributed by atoms with Crippen molar-refractivity contribution in [3.05, 3.63) is 133 Å². The molecule has 2 unspecified atom stereocenters. The average Bonchev–Trinajstić information content (AvgIpc) is 1.55. The van der Waals surface area contributed by atoms with E-state index in [1.807, 2.05) is 26.0 Å². The molecule has 9 N–H and O–H groups in total. The summed E-state index contributed by atoms with van der Waals surface area (Å²) in [6, 6.07) is 8.98. The predicted molar refractivity (Wildman–Crippen MR) is 555 cm³/mol. The molecule has 6 atom stereocenters. The third-order valence-corrected chi connectivity index (χ3v) is 30.8. The average molecular weight is 2600 g/mol. The van der Waals surface area contributed by atoms with E-state index in [9.17, 15) is 24.2 Å². The number of aliphatic hydroxyl groups excluding tert-OH is 4. The summed E-state index contributed by atoms with van der Waals surface area (Å²) >= 11 is 51.8. The number of carbonyl (C=O) groups is 3. The van der Waals surface area contributed by atoms with E-state index in [-0.39, 0.29) is 259 Å². The van der Waals surface area contributed by atoms with Crippen molar-refractivity contribution in [2.24, 2.45) is 34.1 Å². The Morgan fingerprint density at radius 2 is 1.04 bits per heavy atom. The SMILES string of the molecule is CCCCC(CC)COC(=O)CCS.CCCCC(CC)COC(=O)CCSc1ccnc(OC2CC2)c1Cl.CO.C[O-].Cc1nc(N2CCC3(CC2)CO[C@@H](C)[C@H]3N)c(CO)nc1Br.Cc1nc(N2CCC3(CC2)CO[C@@H](C)[C@H]3N)c(CO)nc1Sc1ccnc(OC2CC2)c1Cl.Clc1c(Br)ccnc1OC1CC1.Fc1nccc(Br)c1Cl.O=CO[O-].OC1CC1.S=c1cc[nH]c(OC2CC2)c1Cl.[Cs+].[Cs+].[H-].[Na+]. The zero-order valence-corrected chi connectivity index (χ0v) is 110. The molecule has 9 fully saturated rings. The van der Waals surface area contributed by atoms with Gasteiger partial charge in [0.2, 0.25) is 29.5 Å². The van der Waals surface area contributed by atoms with Crippen molar-refractivity contribution in [3.8, 4) is 23.5 Å². The van der Waals surface area contributed by atoms with Gasteiger partial charge in [0, 0.05) is 117 Å². The fourth-order valence-electron chi connectivity index (χ4n) is 14.0. The molecule has 7 aromatic heterocycles. The number of carbonyl (C=O) groups excluding carboxylic acids is 3. The number of nitrogens with two attached hydrogens (primary N) is 2. The second kappa shape index (κ2) is 74.1. The number of thiol groups is 1. The van der Waals surface area contributed by atoms with Crippen LogP contribution in [0.4, 0.5) is 16.0 Å². The number of aryl methyl sites for hydroxylation is 2. The van der Waals surface area contributed by atoms with Crippen LogP contribution in [0.25, 0.3) is 0 Å². The number of piperidine rings is 2. The number of unbranched alkanes of at least 4 members (excludes halogenated alkanes) is 2. The molecular weight excluding hydrogens is 2460 g/mol. The summed E-state index contributed by atoms with van der Waals surface area (Å²) in [5.41, 5.74) is 15.8. The molecule has 9 aliphatic rings. The monoisotopic (exact) mass is 2590 g/mol. The number of pyridine rings is 5. The third kappa shape index (κ3) is 48.1. The minimum atomic E-state index is -0.647. The van der Waals surface area contributed by atoms with Crippen LogP contribution in [-0.2, 0) is 51.4 Å². The summed E-state index contributed by atoms with van der Waals surface area (Å²) in [7, 11) is 1.75. The largest absolute Gasteiger partial charge is 1.00 e. The Labute approximate surface area is 1050 Å². The van der Waals surface area contributed by atoms with Crippen LogP contribution in [0.1, 0.15) is 220 Å². The molecule has 778 valence electrons. The van der Waals surface area contributed by atoms with Gasteiger partial charge in [0.05, 0.1) is 86.7 Å². The van der Waals surface area contributed by atoms with Crippen molar-refractivity contribution in [2.75, 3.05) is 88.1 Å². The van der Waals surface area contributed by atoms with Gasteiger partial charge in [0.1, 0.15) is 70.5 Å². The van der Waals surface area contributed by atoms with Crippen LogP contribution in [0.5, 0.6) is 23.5 Å². The van der Waals surface area contributed by atoms with Gasteiger partial charge in [-0.3, -0.25) is 14.4 Å². The number of anilines is 2. The Bertz CT molecular complexity index is 4910. The number of aromatic nitrogens is 9. The van der Waals surface area contributed by atoms with Crippen molar-refractivity contribution in [3.63, 3.8) is 0 Å². The summed E-state index contributed by atoms with van der Waals surface area (Å²) in [6.07, 6.45) is 34.3. The van der Waals surface area contributed by atoms with E-state index < -0.39 is 5.95 Å². The number of aromatic amines is 1. The van der Waals surface area contributed by atoms with Gasteiger partial charge in [0.15, 0.2) is 11.6 Å². The zero-order chi connectivity index (χ0) is 102. The Hall–Kier alpha value is -0.0861. The van der Waals surface area contributed by atoms with Crippen molar-refractivity contribution < 1.29 is 261 Å². The van der Waals surface area contributed by atoms with Crippen LogP contribution in [-0.4, -0.2) is 217 Å². The van der Waals surface area contributed by atoms with Crippen LogP contribution in [0, 0.1) is 47.0 Å². The molecule has 0 aromatic carbocycles. The second-order valence-electron chi connectivity index (χ2n) is 34.1. The number of aliphatic hydroxyl groups is 4. The molecule has 5 saturated carbocycles. The van der Waals surface area contributed by atoms with Crippen molar-refractivity contribution in [2.45, 2.75) is 292 Å². The summed E-state index contributed by atoms with van der Waals surface area (Å²) < 4.78 is 59.6. The fraction of sp³-hybridized carbons (Fsp3) is 0.621. The normalized spacial score (nSPS) is 18.1. The van der Waals surface area contributed by atoms with E-state index in [2.05, 4.69) is 152 Å². The van der Waals surface area contributed by atoms with Crippen LogP contribution in [0.15, 0.2) is 89.7 Å². The molecule has 4 aliphatic heterocycles. The Kier molecular flexibility index (Phi) is 71.0. The molecule has 0 amide bonds. The summed E-state index contributed by atoms with van der Waals surface area (Å²) in [6.45, 7) is 22.1. The Balaban J connectivity index is 0.000000569. The molecule has 11 heterocycles. The predicted octanol–water partition coefficient (Wildman–Crippen LogP) is 10.2. The zero-order valence-electron chi connectivity index (χ0n) is 84.4. The number of nitrogens with one attached hydrogen (secondary N) is 1. The molecule has 16 rings (SSSR count). The summed E-state index contributed by atoms with van der Waals surface area (Å²) in [5.74, 6) is 4.96. The van der Waals surface area contributed by atoms with Gasteiger partial charge in [0.25, 0.3) is 6.47 Å². The number of thioether (sulfide) groups is 1. The number of hydrogen-bond donors (Lipinski definition) is 8. The number of H-pyrrole nitrogens is 1. The maximum atomic E-state index is 12.3. The maximum absolute atomic E-state index is 12.3. The minimum Gasteiger partial charge on any atom is -1.00 e. The van der Waals surface area contributed by atoms with E-state index in [0.29, 0.717) is 135 Å². The van der Waals surface area contributed by atoms with Gasteiger partial charge < -0.3 is 101 Å². The van der Waals surface area contributed by atoms with Crippen molar-refractivity contribution >= 4 is 184 Å². The first-order valence-corrected chi connectivity index (χ1v) is 53.9. The first-order valence-electron chi connectivity index (χ1n) is 46.7. The van der Waals surface area contributed by atoms with Crippen LogP contribution < -0.4 is 218 Å². The van der Waals surface area contributed by atoms with E-state index in [4.69, 9.17) is 155 Å². The minimum absolute atomic E-state index is 0. The molecule has 0 bridgehead atoms. The third-order valence-electron chi connectivity index (χ3n) is 23.3. The van der Waals surface area contributed by atoms with Gasteiger partial charge in [-0.1, -0.05) is 148 Å². The first kappa shape index (κ1) is 136. The first-order chi connectivity index (χ1) is 66.8. The number of hydrogen-bond acceptors (Lipinski definition) is 34. The standard InChI is InChI=1S/C23H30ClN5O3S.C19H28ClNO3S.C15H23BrN4O2.C11H22O2S.C8H7BrClNO.C8H8ClNOS.C5H2BrClFN.C3H6O.CH2O3.CH4O.CH3O.2Cs.Na.H/c1-13-22(33-17-5-8-26-21(18(17)24)32-15-3-4-15)28-16(11-30)20(27-13)29-9-6-23(7-10-29)12-31-14(2)19(23)25;1-3-5-6-14(4-2)13-23-17(22)10-12-25-16-9-11-21-19(18(16)20)24-15-7-8-15;1-9-13(16)19-11(7-21)14(18-9)20-5-3-15(4-6-20)8-22-10(2)12(15)17;1-3-5-6-10(4-2)9-13-11(12)7-8-14;9-6-3-4-11-8(7(6)10)12-5-1-2-5;9-7-6(12)3-4-10-8(7)11-5-1-2-5;6-3-1-2-9-5(8)4(3)7;4-3-1-2-3;2-1-4-3;2*1-2;;;;/h5,8,14-15,19,30H,3-4,6-7,9-12,25H2,1-2H3;9,11,14-15H,3-8,10,12-13H2,1-2H3;10,12,21H,3-8,17H2,1-2H3;10,14H,3-9H2,1-2H3;3-5H,1-2H2;3-5H,1-2H2,(H,10,12);1-2H;3-4H,1-2H2;1,3H;2H,1H3;1H3;;;;/q;;;;;;;;;;-1;3*+1;-1/p-1/t14-,19+;;10-,12+;;;;;;;;;;;;/m0.0............/s1. The van der Waals surface area contributed by atoms with E-state index >= 15 is 0 Å². The summed E-state index contributed by atoms with van der Waals surface area (Å²) in [5, 5.41) is 54.3. The Morgan fingerprint density at radius 1 is 0.634 bits per heavy atom. The van der Waals surface area contributed by atoms with E-state index in [1.54, 1.807) is 43.0 Å². The van der Waals surface area contributed by atoms with Gasteiger partial charge in [-0.25, -0.2) is 39.9 Å². The van der Waals surface area contributed by atoms with Gasteiger partial charge >= 0.3 is 179 Å². The van der Waals surface area contributed by atoms with Crippen LogP contribution in [0.2, 0.25) is 25.1 Å². The van der Waals surface area contributed by atoms with E-state index in [0.717, 1.165) is 200 Å². The second-order valence-corrected chi connectivity index (χ2v) is 41.5. The molecule has 47 heteroatoms. The fourth-order valence-corrected chi connectivity index (χ4v) is 17.9. The van der Waals surface area contributed by atoms with Crippen LogP contribution >= 0.6 is 154 Å². The number of nitrogens with zero attached hydrogens (tertiary/aromatic N) is 10. The molecule has 7 aromatic rings. The Morgan fingerprint density at radius 3 is 1.43 bits per heavy atom. The quantitative estimate of drug-likeness (QED) is 0.00218. The molecule has 142 heavy (non-hydrogen) atoms. The van der Waals surface area contributed by atoms with Crippen LogP contribution in [0.3, 0.4) is 0 Å². The number of rotatable bonds is 33. The molecular formula is C95H135Br3Cl5Cs2FN13NaO18S4.